The Labute approximate surface area is 106 Å². The second kappa shape index (κ2) is 4.94. The molecule has 0 bridgehead atoms. The zero-order valence-electron chi connectivity index (χ0n) is 7.95. The number of nitrogens with zero attached hydrogens (tertiary/aromatic N) is 1. The number of carboxylic acids is 1. The van der Waals surface area contributed by atoms with E-state index < -0.39 is 35.9 Å². The lowest BCUT2D eigenvalue weighted by Crippen LogP contribution is -2.19. The molecule has 0 aliphatic rings. The molecule has 0 saturated heterocycles. The van der Waals surface area contributed by atoms with E-state index in [4.69, 9.17) is 5.11 Å². The summed E-state index contributed by atoms with van der Waals surface area (Å²) in [6.45, 7) is 0. The van der Waals surface area contributed by atoms with Gasteiger partial charge in [0.15, 0.2) is 11.5 Å². The molecular formula is C8H5F3INO4. The van der Waals surface area contributed by atoms with Crippen LogP contribution in [-0.2, 0) is 11.2 Å². The first-order valence-corrected chi connectivity index (χ1v) is 5.13. The van der Waals surface area contributed by atoms with E-state index in [0.717, 1.165) is 0 Å². The minimum absolute atomic E-state index is 0.00613. The zero-order valence-corrected chi connectivity index (χ0v) is 10.1. The van der Waals surface area contributed by atoms with Gasteiger partial charge in [-0.1, -0.05) is 0 Å². The van der Waals surface area contributed by atoms with Crippen molar-refractivity contribution in [1.29, 1.82) is 0 Å². The summed E-state index contributed by atoms with van der Waals surface area (Å²) in [5, 5.41) is 17.7. The van der Waals surface area contributed by atoms with Gasteiger partial charge in [0, 0.05) is 6.07 Å². The molecule has 2 N–H and O–H groups in total. The lowest BCUT2D eigenvalue weighted by molar-refractivity contribution is -0.275. The number of carboxylic acid groups (broad SMARTS) is 1. The summed E-state index contributed by atoms with van der Waals surface area (Å²) in [4.78, 5) is 14.0. The van der Waals surface area contributed by atoms with Gasteiger partial charge >= 0.3 is 12.3 Å². The summed E-state index contributed by atoms with van der Waals surface area (Å²) in [5.41, 5.74) is -0.406. The lowest BCUT2D eigenvalue weighted by atomic mass is 10.2. The first-order chi connectivity index (χ1) is 7.69. The molecular weight excluding hydrogens is 358 g/mol. The van der Waals surface area contributed by atoms with Crippen LogP contribution in [-0.4, -0.2) is 27.5 Å². The van der Waals surface area contributed by atoms with Crippen molar-refractivity contribution in [3.63, 3.8) is 0 Å². The predicted octanol–water partition coefficient (Wildman–Crippen LogP) is 1.92. The van der Waals surface area contributed by atoms with Crippen molar-refractivity contribution in [3.8, 4) is 11.5 Å². The van der Waals surface area contributed by atoms with E-state index in [1.807, 2.05) is 0 Å². The van der Waals surface area contributed by atoms with Crippen LogP contribution in [0.15, 0.2) is 6.07 Å². The van der Waals surface area contributed by atoms with Crippen LogP contribution in [0.25, 0.3) is 0 Å². The molecule has 9 heteroatoms. The SMILES string of the molecule is O=C(O)Cc1nc(I)c(O)cc1OC(F)(F)F. The fourth-order valence-corrected chi connectivity index (χ4v) is 1.43. The smallest absolute Gasteiger partial charge is 0.505 e. The standard InChI is InChI=1S/C8H5F3INO4/c9-8(10,11)17-5-2-4(14)7(12)13-3(5)1-6(15)16/h2,14H,1H2,(H,15,16). The third-order valence-electron chi connectivity index (χ3n) is 1.54. The highest BCUT2D eigenvalue weighted by atomic mass is 127. The molecule has 0 aromatic carbocycles. The fourth-order valence-electron chi connectivity index (χ4n) is 0.981. The van der Waals surface area contributed by atoms with E-state index in [9.17, 15) is 23.1 Å². The topological polar surface area (TPSA) is 79.7 Å². The number of hydrogen-bond donors (Lipinski definition) is 2. The van der Waals surface area contributed by atoms with Gasteiger partial charge in [-0.25, -0.2) is 4.98 Å². The Kier molecular flexibility index (Phi) is 4.01. The Hall–Kier alpha value is -1.26. The highest BCUT2D eigenvalue weighted by Gasteiger charge is 2.33. The first-order valence-electron chi connectivity index (χ1n) is 4.05. The van der Waals surface area contributed by atoms with Gasteiger partial charge < -0.3 is 14.9 Å². The predicted molar refractivity (Wildman–Crippen MR) is 56.6 cm³/mol. The molecule has 5 nitrogen and oxygen atoms in total. The van der Waals surface area contributed by atoms with Gasteiger partial charge in [-0.3, -0.25) is 4.79 Å². The number of alkyl halides is 3. The van der Waals surface area contributed by atoms with Gasteiger partial charge in [0.25, 0.3) is 0 Å². The van der Waals surface area contributed by atoms with Gasteiger partial charge in [-0.05, 0) is 22.6 Å². The maximum absolute atomic E-state index is 12.0. The minimum Gasteiger partial charge on any atom is -0.505 e. The molecule has 0 aliphatic carbocycles. The number of pyridine rings is 1. The second-order valence-electron chi connectivity index (χ2n) is 2.86. The van der Waals surface area contributed by atoms with E-state index in [1.54, 1.807) is 22.6 Å². The van der Waals surface area contributed by atoms with Gasteiger partial charge in [0.05, 0.1) is 12.1 Å². The Balaban J connectivity index is 3.16. The summed E-state index contributed by atoms with van der Waals surface area (Å²) < 4.78 is 39.6. The van der Waals surface area contributed by atoms with Crippen molar-refractivity contribution in [2.75, 3.05) is 0 Å². The van der Waals surface area contributed by atoms with Gasteiger partial charge in [-0.2, -0.15) is 0 Å². The molecule has 17 heavy (non-hydrogen) atoms. The maximum atomic E-state index is 12.0. The summed E-state index contributed by atoms with van der Waals surface area (Å²) >= 11 is 1.56. The zero-order chi connectivity index (χ0) is 13.2. The summed E-state index contributed by atoms with van der Waals surface area (Å²) in [6, 6.07) is 0.681. The van der Waals surface area contributed by atoms with Crippen LogP contribution in [0.2, 0.25) is 0 Å². The van der Waals surface area contributed by atoms with Crippen LogP contribution in [0.5, 0.6) is 11.5 Å². The Bertz CT molecular complexity index is 449. The van der Waals surface area contributed by atoms with Gasteiger partial charge in [0.2, 0.25) is 0 Å². The van der Waals surface area contributed by atoms with Gasteiger partial charge in [0.1, 0.15) is 3.70 Å². The molecule has 1 aromatic heterocycles. The molecule has 0 aliphatic heterocycles. The van der Waals surface area contributed by atoms with Gasteiger partial charge in [-0.15, -0.1) is 13.2 Å². The number of hydrogen-bond acceptors (Lipinski definition) is 4. The highest BCUT2D eigenvalue weighted by Crippen LogP contribution is 2.31. The van der Waals surface area contributed by atoms with Crippen LogP contribution >= 0.6 is 22.6 Å². The van der Waals surface area contributed by atoms with Crippen molar-refractivity contribution < 1.29 is 32.9 Å². The van der Waals surface area contributed by atoms with Crippen LogP contribution < -0.4 is 4.74 Å². The summed E-state index contributed by atoms with van der Waals surface area (Å²) in [7, 11) is 0. The van der Waals surface area contributed by atoms with Crippen molar-refractivity contribution >= 4 is 28.6 Å². The normalized spacial score (nSPS) is 11.3. The second-order valence-corrected chi connectivity index (χ2v) is 3.88. The molecule has 0 radical (unpaired) electrons. The molecule has 0 saturated carbocycles. The molecule has 0 atom stereocenters. The number of aromatic nitrogens is 1. The molecule has 1 rings (SSSR count). The third kappa shape index (κ3) is 4.24. The summed E-state index contributed by atoms with van der Waals surface area (Å²) in [5.74, 6) is -2.69. The molecule has 1 aromatic rings. The van der Waals surface area contributed by atoms with E-state index in [1.165, 1.54) is 0 Å². The van der Waals surface area contributed by atoms with E-state index in [2.05, 4.69) is 9.72 Å². The fraction of sp³-hybridized carbons (Fsp3) is 0.250. The van der Waals surface area contributed by atoms with Crippen molar-refractivity contribution in [3.05, 3.63) is 15.5 Å². The molecule has 94 valence electrons. The van der Waals surface area contributed by atoms with E-state index in [-0.39, 0.29) is 3.70 Å². The lowest BCUT2D eigenvalue weighted by Gasteiger charge is -2.12. The van der Waals surface area contributed by atoms with Crippen LogP contribution in [0, 0.1) is 3.70 Å². The Morgan fingerprint density at radius 2 is 2.12 bits per heavy atom. The molecule has 0 unspecified atom stereocenters. The first kappa shape index (κ1) is 13.8. The molecule has 1 heterocycles. The quantitative estimate of drug-likeness (QED) is 0.634. The average molecular weight is 363 g/mol. The largest absolute Gasteiger partial charge is 0.573 e. The van der Waals surface area contributed by atoms with Crippen molar-refractivity contribution in [2.24, 2.45) is 0 Å². The maximum Gasteiger partial charge on any atom is 0.573 e. The molecule has 0 amide bonds. The number of carbonyl (C=O) groups is 1. The van der Waals surface area contributed by atoms with Crippen LogP contribution in [0.4, 0.5) is 13.2 Å². The van der Waals surface area contributed by atoms with Crippen molar-refractivity contribution in [2.45, 2.75) is 12.8 Å². The number of halogens is 4. The average Bonchev–Trinajstić information content (AvgIpc) is 2.10. The third-order valence-corrected chi connectivity index (χ3v) is 2.33. The van der Waals surface area contributed by atoms with Crippen LogP contribution in [0.3, 0.4) is 0 Å². The van der Waals surface area contributed by atoms with Crippen LogP contribution in [0.1, 0.15) is 5.69 Å². The minimum atomic E-state index is -4.98. The van der Waals surface area contributed by atoms with E-state index in [0.29, 0.717) is 6.07 Å². The number of aliphatic carboxylic acids is 1. The number of rotatable bonds is 3. The number of aromatic hydroxyl groups is 1. The van der Waals surface area contributed by atoms with Crippen molar-refractivity contribution in [1.82, 2.24) is 4.98 Å². The Morgan fingerprint density at radius 3 is 2.59 bits per heavy atom. The summed E-state index contributed by atoms with van der Waals surface area (Å²) in [6.07, 6.45) is -5.71. The monoisotopic (exact) mass is 363 g/mol. The van der Waals surface area contributed by atoms with E-state index >= 15 is 0 Å². The highest BCUT2D eigenvalue weighted by molar-refractivity contribution is 14.1. The molecule has 0 fully saturated rings. The Morgan fingerprint density at radius 1 is 1.53 bits per heavy atom. The molecule has 0 spiro atoms. The number of ether oxygens (including phenoxy) is 1.